The third-order valence-corrected chi connectivity index (χ3v) is 4.06. The summed E-state index contributed by atoms with van der Waals surface area (Å²) in [5, 5.41) is 7.89. The van der Waals surface area contributed by atoms with Crippen molar-refractivity contribution >= 4 is 34.0 Å². The molecular weight excluding hydrogens is 302 g/mol. The van der Waals surface area contributed by atoms with Crippen LogP contribution in [0.5, 0.6) is 0 Å². The monoisotopic (exact) mass is 317 g/mol. The minimum Gasteiger partial charge on any atom is -0.381 e. The maximum atomic E-state index is 12.0. The fourth-order valence-corrected chi connectivity index (χ4v) is 2.67. The number of hydrogen-bond donors (Lipinski definition) is 2. The number of carbonyl (C=O) groups excluding carboxylic acids is 2. The van der Waals surface area contributed by atoms with E-state index in [0.29, 0.717) is 29.6 Å². The molecule has 2 N–H and O–H groups in total. The number of thiazole rings is 1. The van der Waals surface area contributed by atoms with E-state index in [9.17, 15) is 9.59 Å². The first kappa shape index (κ1) is 14.7. The van der Waals surface area contributed by atoms with Crippen molar-refractivity contribution in [2.24, 2.45) is 5.92 Å². The Morgan fingerprint density at radius 1 is 1.23 bits per heavy atom. The molecule has 7 heteroatoms. The zero-order chi connectivity index (χ0) is 15.4. The molecule has 22 heavy (non-hydrogen) atoms. The summed E-state index contributed by atoms with van der Waals surface area (Å²) in [5.41, 5.74) is 1.18. The van der Waals surface area contributed by atoms with E-state index in [1.807, 2.05) is 0 Å². The maximum absolute atomic E-state index is 12.0. The average molecular weight is 317 g/mol. The fraction of sp³-hybridized carbons (Fsp3) is 0.267. The lowest BCUT2D eigenvalue weighted by molar-refractivity contribution is -0.119. The SMILES string of the molecule is O=C(Nc1nccs1)c1ccc(NC(=O)C2CCOC2)cc1. The van der Waals surface area contributed by atoms with Gasteiger partial charge in [-0.25, -0.2) is 4.98 Å². The lowest BCUT2D eigenvalue weighted by atomic mass is 10.1. The van der Waals surface area contributed by atoms with Gasteiger partial charge < -0.3 is 10.1 Å². The van der Waals surface area contributed by atoms with Gasteiger partial charge in [0.25, 0.3) is 5.91 Å². The van der Waals surface area contributed by atoms with Gasteiger partial charge in [-0.3, -0.25) is 14.9 Å². The molecular formula is C15H15N3O3S. The van der Waals surface area contributed by atoms with E-state index < -0.39 is 0 Å². The van der Waals surface area contributed by atoms with Gasteiger partial charge >= 0.3 is 0 Å². The van der Waals surface area contributed by atoms with Crippen LogP contribution in [0.25, 0.3) is 0 Å². The third-order valence-electron chi connectivity index (χ3n) is 3.37. The summed E-state index contributed by atoms with van der Waals surface area (Å²) < 4.78 is 5.20. The first-order chi connectivity index (χ1) is 10.7. The first-order valence-electron chi connectivity index (χ1n) is 6.92. The van der Waals surface area contributed by atoms with Gasteiger partial charge in [-0.2, -0.15) is 0 Å². The molecule has 0 aliphatic carbocycles. The lowest BCUT2D eigenvalue weighted by Gasteiger charge is -2.09. The Hall–Kier alpha value is -2.25. The summed E-state index contributed by atoms with van der Waals surface area (Å²) in [4.78, 5) is 28.0. The van der Waals surface area contributed by atoms with Crippen molar-refractivity contribution in [3.63, 3.8) is 0 Å². The summed E-state index contributed by atoms with van der Waals surface area (Å²) in [6.07, 6.45) is 2.38. The molecule has 6 nitrogen and oxygen atoms in total. The second kappa shape index (κ2) is 6.67. The molecule has 2 amide bonds. The van der Waals surface area contributed by atoms with Gasteiger partial charge in [0.2, 0.25) is 5.91 Å². The van der Waals surface area contributed by atoms with Crippen LogP contribution in [0.1, 0.15) is 16.8 Å². The number of anilines is 2. The smallest absolute Gasteiger partial charge is 0.257 e. The third kappa shape index (κ3) is 3.49. The van der Waals surface area contributed by atoms with E-state index in [4.69, 9.17) is 4.74 Å². The number of hydrogen-bond acceptors (Lipinski definition) is 5. The predicted molar refractivity (Wildman–Crippen MR) is 84.1 cm³/mol. The van der Waals surface area contributed by atoms with Crippen LogP contribution in [-0.2, 0) is 9.53 Å². The van der Waals surface area contributed by atoms with Crippen molar-refractivity contribution in [1.82, 2.24) is 4.98 Å². The van der Waals surface area contributed by atoms with Crippen molar-refractivity contribution < 1.29 is 14.3 Å². The molecule has 1 aromatic heterocycles. The van der Waals surface area contributed by atoms with Gasteiger partial charge in [-0.1, -0.05) is 0 Å². The Morgan fingerprint density at radius 3 is 2.68 bits per heavy atom. The minimum atomic E-state index is -0.225. The van der Waals surface area contributed by atoms with Crippen molar-refractivity contribution in [3.05, 3.63) is 41.4 Å². The highest BCUT2D eigenvalue weighted by molar-refractivity contribution is 7.13. The predicted octanol–water partition coefficient (Wildman–Crippen LogP) is 2.37. The number of amides is 2. The molecule has 2 heterocycles. The van der Waals surface area contributed by atoms with Crippen molar-refractivity contribution in [3.8, 4) is 0 Å². The topological polar surface area (TPSA) is 80.3 Å². The lowest BCUT2D eigenvalue weighted by Crippen LogP contribution is -2.22. The Bertz CT molecular complexity index is 649. The van der Waals surface area contributed by atoms with E-state index in [1.165, 1.54) is 11.3 Å². The molecule has 114 valence electrons. The van der Waals surface area contributed by atoms with Gasteiger partial charge in [0.1, 0.15) is 0 Å². The average Bonchev–Trinajstić information content (AvgIpc) is 3.21. The molecule has 1 aliphatic rings. The summed E-state index contributed by atoms with van der Waals surface area (Å²) in [7, 11) is 0. The molecule has 0 radical (unpaired) electrons. The molecule has 0 bridgehead atoms. The molecule has 1 fully saturated rings. The van der Waals surface area contributed by atoms with Gasteiger partial charge in [-0.05, 0) is 30.7 Å². The van der Waals surface area contributed by atoms with Gasteiger partial charge in [0, 0.05) is 29.4 Å². The number of nitrogens with zero attached hydrogens (tertiary/aromatic N) is 1. The van der Waals surface area contributed by atoms with E-state index in [0.717, 1.165) is 6.42 Å². The maximum Gasteiger partial charge on any atom is 0.257 e. The fourth-order valence-electron chi connectivity index (χ4n) is 2.15. The van der Waals surface area contributed by atoms with Crippen molar-refractivity contribution in [2.75, 3.05) is 23.8 Å². The van der Waals surface area contributed by atoms with Crippen molar-refractivity contribution in [1.29, 1.82) is 0 Å². The number of ether oxygens (including phenoxy) is 1. The van der Waals surface area contributed by atoms with Crippen LogP contribution in [-0.4, -0.2) is 30.0 Å². The normalized spacial score (nSPS) is 17.2. The number of nitrogens with one attached hydrogen (secondary N) is 2. The Labute approximate surface area is 131 Å². The molecule has 2 aromatic rings. The summed E-state index contributed by atoms with van der Waals surface area (Å²) in [6, 6.07) is 6.77. The molecule has 1 unspecified atom stereocenters. The number of carbonyl (C=O) groups is 2. The minimum absolute atomic E-state index is 0.0440. The molecule has 1 atom stereocenters. The van der Waals surface area contributed by atoms with Crippen LogP contribution >= 0.6 is 11.3 Å². The number of benzene rings is 1. The first-order valence-corrected chi connectivity index (χ1v) is 7.80. The Morgan fingerprint density at radius 2 is 2.05 bits per heavy atom. The van der Waals surface area contributed by atoms with Gasteiger partial charge in [0.15, 0.2) is 5.13 Å². The highest BCUT2D eigenvalue weighted by Crippen LogP contribution is 2.17. The largest absolute Gasteiger partial charge is 0.381 e. The van der Waals surface area contributed by atoms with E-state index >= 15 is 0 Å². The van der Waals surface area contributed by atoms with Crippen molar-refractivity contribution in [2.45, 2.75) is 6.42 Å². The van der Waals surface area contributed by atoms with Gasteiger partial charge in [0.05, 0.1) is 12.5 Å². The zero-order valence-electron chi connectivity index (χ0n) is 11.7. The highest BCUT2D eigenvalue weighted by Gasteiger charge is 2.23. The quantitative estimate of drug-likeness (QED) is 0.907. The van der Waals surface area contributed by atoms with E-state index in [1.54, 1.807) is 35.8 Å². The summed E-state index contributed by atoms with van der Waals surface area (Å²) in [6.45, 7) is 1.11. The van der Waals surface area contributed by atoms with E-state index in [2.05, 4.69) is 15.6 Å². The van der Waals surface area contributed by atoms with Crippen LogP contribution in [0.4, 0.5) is 10.8 Å². The molecule has 1 saturated heterocycles. The second-order valence-corrected chi connectivity index (χ2v) is 5.81. The summed E-state index contributed by atoms with van der Waals surface area (Å²) >= 11 is 1.36. The van der Waals surface area contributed by atoms with E-state index in [-0.39, 0.29) is 17.7 Å². The molecule has 0 spiro atoms. The highest BCUT2D eigenvalue weighted by atomic mass is 32.1. The molecule has 0 saturated carbocycles. The zero-order valence-corrected chi connectivity index (χ0v) is 12.6. The van der Waals surface area contributed by atoms with Crippen LogP contribution < -0.4 is 10.6 Å². The van der Waals surface area contributed by atoms with Gasteiger partial charge in [-0.15, -0.1) is 11.3 Å². The molecule has 1 aliphatic heterocycles. The number of rotatable bonds is 4. The van der Waals surface area contributed by atoms with Crippen LogP contribution in [0.15, 0.2) is 35.8 Å². The Balaban J connectivity index is 1.59. The van der Waals surface area contributed by atoms with Crippen LogP contribution in [0.3, 0.4) is 0 Å². The molecule has 1 aromatic carbocycles. The van der Waals surface area contributed by atoms with Crippen LogP contribution in [0.2, 0.25) is 0 Å². The summed E-state index contributed by atoms with van der Waals surface area (Å²) in [5.74, 6) is -0.359. The Kier molecular flexibility index (Phi) is 4.45. The standard InChI is InChI=1S/C15H15N3O3S/c19-13(18-15-16-6-8-22-15)10-1-3-12(4-2-10)17-14(20)11-5-7-21-9-11/h1-4,6,8,11H,5,7,9H2,(H,17,20)(H,16,18,19). The van der Waals surface area contributed by atoms with Crippen LogP contribution in [0, 0.1) is 5.92 Å². The molecule has 3 rings (SSSR count). The number of aromatic nitrogens is 1. The second-order valence-electron chi connectivity index (χ2n) is 4.92.